The Hall–Kier alpha value is -3.95. The summed E-state index contributed by atoms with van der Waals surface area (Å²) in [4.78, 5) is 38.6. The molecule has 4 rings (SSSR count). The Labute approximate surface area is 191 Å². The van der Waals surface area contributed by atoms with Gasteiger partial charge in [0.1, 0.15) is 5.82 Å². The van der Waals surface area contributed by atoms with Gasteiger partial charge in [-0.05, 0) is 37.3 Å². The number of benzene rings is 1. The Morgan fingerprint density at radius 2 is 1.94 bits per heavy atom. The number of anilines is 2. The van der Waals surface area contributed by atoms with E-state index in [1.54, 1.807) is 0 Å². The van der Waals surface area contributed by atoms with Crippen molar-refractivity contribution < 1.29 is 14.7 Å². The first-order chi connectivity index (χ1) is 15.9. The zero-order valence-electron chi connectivity index (χ0n) is 18.4. The standard InChI is InChI=1S/C23H27N7O3/c1-14-3-2-4-16-11-17(13-27-22(31)19-20(24)26-8-7-25-19)21(29-18(14)16)30-9-5-15(6-10-30)12-28-23(32)33/h2-4,7-8,11,15,28H,5-6,9-10,12-13H2,1H3,(H2,24,26)(H,27,31)(H,32,33). The number of carbonyl (C=O) groups excluding carboxylic acids is 1. The van der Waals surface area contributed by atoms with Crippen molar-refractivity contribution in [2.24, 2.45) is 5.92 Å². The molecule has 3 aromatic rings. The van der Waals surface area contributed by atoms with Gasteiger partial charge >= 0.3 is 6.09 Å². The van der Waals surface area contributed by atoms with E-state index in [9.17, 15) is 9.59 Å². The van der Waals surface area contributed by atoms with Crippen LogP contribution in [-0.4, -0.2) is 51.7 Å². The molecule has 1 fully saturated rings. The summed E-state index contributed by atoms with van der Waals surface area (Å²) >= 11 is 0. The van der Waals surface area contributed by atoms with E-state index in [-0.39, 0.29) is 18.1 Å². The molecule has 0 aliphatic carbocycles. The maximum absolute atomic E-state index is 12.6. The van der Waals surface area contributed by atoms with Crippen LogP contribution in [0.15, 0.2) is 36.7 Å². The number of piperidine rings is 1. The fraction of sp³-hybridized carbons (Fsp3) is 0.348. The van der Waals surface area contributed by atoms with Gasteiger partial charge in [-0.1, -0.05) is 18.2 Å². The molecule has 5 N–H and O–H groups in total. The lowest BCUT2D eigenvalue weighted by Gasteiger charge is -2.34. The van der Waals surface area contributed by atoms with Crippen molar-refractivity contribution in [2.75, 3.05) is 30.3 Å². The highest BCUT2D eigenvalue weighted by Crippen LogP contribution is 2.29. The number of rotatable bonds is 6. The maximum atomic E-state index is 12.6. The number of pyridine rings is 1. The molecule has 0 bridgehead atoms. The van der Waals surface area contributed by atoms with Crippen LogP contribution in [0.2, 0.25) is 0 Å². The minimum absolute atomic E-state index is 0.0829. The van der Waals surface area contributed by atoms with Gasteiger partial charge in [-0.3, -0.25) is 4.79 Å². The number of para-hydroxylation sites is 1. The molecule has 0 unspecified atom stereocenters. The molecule has 33 heavy (non-hydrogen) atoms. The van der Waals surface area contributed by atoms with Crippen molar-refractivity contribution in [1.82, 2.24) is 25.6 Å². The second kappa shape index (κ2) is 9.68. The molecule has 10 nitrogen and oxygen atoms in total. The highest BCUT2D eigenvalue weighted by molar-refractivity contribution is 5.96. The number of nitrogens with two attached hydrogens (primary N) is 1. The molecule has 10 heteroatoms. The molecule has 0 atom stereocenters. The van der Waals surface area contributed by atoms with Crippen LogP contribution in [-0.2, 0) is 6.54 Å². The van der Waals surface area contributed by atoms with Crippen LogP contribution in [0.3, 0.4) is 0 Å². The number of aryl methyl sites for hydroxylation is 1. The summed E-state index contributed by atoms with van der Waals surface area (Å²) in [5.41, 5.74) is 8.78. The van der Waals surface area contributed by atoms with Crippen LogP contribution in [0.4, 0.5) is 16.4 Å². The van der Waals surface area contributed by atoms with E-state index in [1.807, 2.05) is 25.1 Å². The number of nitrogens with zero attached hydrogens (tertiary/aromatic N) is 4. The third-order valence-corrected chi connectivity index (χ3v) is 5.94. The number of hydrogen-bond acceptors (Lipinski definition) is 7. The van der Waals surface area contributed by atoms with E-state index in [0.29, 0.717) is 12.5 Å². The van der Waals surface area contributed by atoms with Crippen molar-refractivity contribution in [3.8, 4) is 0 Å². The van der Waals surface area contributed by atoms with E-state index in [0.717, 1.165) is 53.8 Å². The van der Waals surface area contributed by atoms with Crippen LogP contribution in [0.5, 0.6) is 0 Å². The minimum Gasteiger partial charge on any atom is -0.465 e. The molecule has 2 aromatic heterocycles. The normalized spacial score (nSPS) is 14.3. The van der Waals surface area contributed by atoms with Gasteiger partial charge < -0.3 is 26.4 Å². The molecule has 2 amide bonds. The van der Waals surface area contributed by atoms with Crippen molar-refractivity contribution >= 4 is 34.5 Å². The number of nitrogens with one attached hydrogen (secondary N) is 2. The van der Waals surface area contributed by atoms with Gasteiger partial charge in [-0.25, -0.2) is 19.7 Å². The first-order valence-corrected chi connectivity index (χ1v) is 10.9. The molecule has 1 aliphatic heterocycles. The molecule has 3 heterocycles. The molecule has 1 saturated heterocycles. The van der Waals surface area contributed by atoms with Crippen LogP contribution in [0, 0.1) is 12.8 Å². The molecule has 0 saturated carbocycles. The number of fused-ring (bicyclic) bond motifs is 1. The summed E-state index contributed by atoms with van der Waals surface area (Å²) in [5.74, 6) is 0.810. The quantitative estimate of drug-likeness (QED) is 0.448. The zero-order valence-corrected chi connectivity index (χ0v) is 18.4. The lowest BCUT2D eigenvalue weighted by molar-refractivity contribution is 0.0946. The highest BCUT2D eigenvalue weighted by Gasteiger charge is 2.23. The average molecular weight is 450 g/mol. The third-order valence-electron chi connectivity index (χ3n) is 5.94. The van der Waals surface area contributed by atoms with Gasteiger partial charge in [0.05, 0.1) is 5.52 Å². The maximum Gasteiger partial charge on any atom is 0.404 e. The van der Waals surface area contributed by atoms with Gasteiger partial charge in [-0.15, -0.1) is 0 Å². The lowest BCUT2D eigenvalue weighted by atomic mass is 9.96. The van der Waals surface area contributed by atoms with Crippen molar-refractivity contribution in [1.29, 1.82) is 0 Å². The van der Waals surface area contributed by atoms with Crippen LogP contribution >= 0.6 is 0 Å². The highest BCUT2D eigenvalue weighted by atomic mass is 16.4. The Kier molecular flexibility index (Phi) is 6.53. The number of nitrogen functional groups attached to an aromatic ring is 1. The average Bonchev–Trinajstić information content (AvgIpc) is 2.81. The van der Waals surface area contributed by atoms with Crippen LogP contribution in [0.25, 0.3) is 10.9 Å². The summed E-state index contributed by atoms with van der Waals surface area (Å²) in [6, 6.07) is 8.09. The predicted molar refractivity (Wildman–Crippen MR) is 125 cm³/mol. The van der Waals surface area contributed by atoms with Gasteiger partial charge in [0, 0.05) is 49.5 Å². The first kappa shape index (κ1) is 22.3. The summed E-state index contributed by atoms with van der Waals surface area (Å²) in [6.07, 6.45) is 3.59. The molecular weight excluding hydrogens is 422 g/mol. The topological polar surface area (TPSA) is 146 Å². The van der Waals surface area contributed by atoms with Gasteiger partial charge in [0.2, 0.25) is 0 Å². The molecular formula is C23H27N7O3. The number of aromatic nitrogens is 3. The van der Waals surface area contributed by atoms with Crippen LogP contribution < -0.4 is 21.3 Å². The first-order valence-electron chi connectivity index (χ1n) is 10.9. The van der Waals surface area contributed by atoms with Crippen molar-refractivity contribution in [3.63, 3.8) is 0 Å². The minimum atomic E-state index is -0.995. The summed E-state index contributed by atoms with van der Waals surface area (Å²) < 4.78 is 0. The molecule has 1 aliphatic rings. The second-order valence-electron chi connectivity index (χ2n) is 8.21. The predicted octanol–water partition coefficient (Wildman–Crippen LogP) is 2.33. The van der Waals surface area contributed by atoms with Crippen molar-refractivity contribution in [3.05, 3.63) is 53.5 Å². The molecule has 0 spiro atoms. The van der Waals surface area contributed by atoms with E-state index in [1.165, 1.54) is 12.4 Å². The Morgan fingerprint density at radius 3 is 2.67 bits per heavy atom. The number of hydrogen-bond donors (Lipinski definition) is 4. The third kappa shape index (κ3) is 5.11. The van der Waals surface area contributed by atoms with Gasteiger partial charge in [0.25, 0.3) is 5.91 Å². The number of carbonyl (C=O) groups is 2. The monoisotopic (exact) mass is 449 g/mol. The smallest absolute Gasteiger partial charge is 0.404 e. The van der Waals surface area contributed by atoms with E-state index in [2.05, 4.69) is 31.6 Å². The van der Waals surface area contributed by atoms with Crippen molar-refractivity contribution in [2.45, 2.75) is 26.3 Å². The number of carboxylic acid groups (broad SMARTS) is 1. The van der Waals surface area contributed by atoms with E-state index in [4.69, 9.17) is 15.8 Å². The fourth-order valence-corrected chi connectivity index (χ4v) is 4.15. The van der Waals surface area contributed by atoms with E-state index >= 15 is 0 Å². The Bertz CT molecular complexity index is 1180. The largest absolute Gasteiger partial charge is 0.465 e. The Balaban J connectivity index is 1.56. The van der Waals surface area contributed by atoms with Crippen LogP contribution in [0.1, 0.15) is 34.5 Å². The lowest BCUT2D eigenvalue weighted by Crippen LogP contribution is -2.39. The molecule has 0 radical (unpaired) electrons. The fourth-order valence-electron chi connectivity index (χ4n) is 4.15. The number of amides is 2. The summed E-state index contributed by atoms with van der Waals surface area (Å²) in [5, 5.41) is 15.2. The van der Waals surface area contributed by atoms with E-state index < -0.39 is 12.0 Å². The Morgan fingerprint density at radius 1 is 1.18 bits per heavy atom. The SMILES string of the molecule is Cc1cccc2cc(CNC(=O)c3nccnc3N)c(N3CCC(CNC(=O)O)CC3)nc12. The summed E-state index contributed by atoms with van der Waals surface area (Å²) in [7, 11) is 0. The van der Waals surface area contributed by atoms with Gasteiger partial charge in [0.15, 0.2) is 11.5 Å². The van der Waals surface area contributed by atoms with Gasteiger partial charge in [-0.2, -0.15) is 0 Å². The molecule has 172 valence electrons. The second-order valence-corrected chi connectivity index (χ2v) is 8.21. The zero-order chi connectivity index (χ0) is 23.4. The molecule has 1 aromatic carbocycles. The summed E-state index contributed by atoms with van der Waals surface area (Å²) in [6.45, 7) is 4.27.